The summed E-state index contributed by atoms with van der Waals surface area (Å²) < 4.78 is 0. The molecule has 1 amide bonds. The van der Waals surface area contributed by atoms with Crippen LogP contribution < -0.4 is 5.32 Å². The van der Waals surface area contributed by atoms with E-state index < -0.39 is 0 Å². The second kappa shape index (κ2) is 3.30. The van der Waals surface area contributed by atoms with Gasteiger partial charge in [0.15, 0.2) is 0 Å². The largest absolute Gasteiger partial charge is 0.320 e. The highest BCUT2D eigenvalue weighted by Crippen LogP contribution is 2.25. The molecule has 11 heavy (non-hydrogen) atoms. The van der Waals surface area contributed by atoms with Crippen LogP contribution in [0.3, 0.4) is 0 Å². The van der Waals surface area contributed by atoms with Gasteiger partial charge in [0.25, 0.3) is 0 Å². The molecule has 1 aliphatic rings. The third-order valence-corrected chi connectivity index (χ3v) is 2.69. The average molecular weight is 171 g/mol. The predicted molar refractivity (Wildman–Crippen MR) is 48.3 cm³/mol. The molecular formula is C8H13NOS. The van der Waals surface area contributed by atoms with Crippen LogP contribution in [0.25, 0.3) is 0 Å². The number of carbonyl (C=O) groups excluding carboxylic acids is 1. The van der Waals surface area contributed by atoms with Crippen molar-refractivity contribution >= 4 is 23.1 Å². The molecule has 1 saturated heterocycles. The Labute approximate surface area is 72.4 Å². The van der Waals surface area contributed by atoms with Gasteiger partial charge in [-0.1, -0.05) is 26.1 Å². The van der Waals surface area contributed by atoms with Gasteiger partial charge in [-0.05, 0) is 12.8 Å². The van der Waals surface area contributed by atoms with Crippen molar-refractivity contribution in [2.75, 3.05) is 0 Å². The Morgan fingerprint density at radius 3 is 2.27 bits per heavy atom. The third kappa shape index (κ3) is 1.43. The summed E-state index contributed by atoms with van der Waals surface area (Å²) in [5, 5.41) is 2.71. The summed E-state index contributed by atoms with van der Waals surface area (Å²) >= 11 is 5.03. The van der Waals surface area contributed by atoms with Crippen molar-refractivity contribution in [2.24, 2.45) is 11.8 Å². The van der Waals surface area contributed by atoms with Gasteiger partial charge in [-0.2, -0.15) is 0 Å². The topological polar surface area (TPSA) is 29.1 Å². The van der Waals surface area contributed by atoms with Gasteiger partial charge < -0.3 is 5.32 Å². The summed E-state index contributed by atoms with van der Waals surface area (Å²) in [6.07, 6.45) is 1.86. The van der Waals surface area contributed by atoms with Crippen LogP contribution in [0.1, 0.15) is 26.7 Å². The molecular weight excluding hydrogens is 158 g/mol. The Kier molecular flexibility index (Phi) is 2.60. The van der Waals surface area contributed by atoms with Crippen LogP contribution in [0.4, 0.5) is 0 Å². The molecule has 0 aromatic rings. The number of amides is 1. The molecule has 1 heterocycles. The van der Waals surface area contributed by atoms with Crippen molar-refractivity contribution in [1.29, 1.82) is 0 Å². The number of hydrogen-bond donors (Lipinski definition) is 1. The van der Waals surface area contributed by atoms with Crippen molar-refractivity contribution in [3.63, 3.8) is 0 Å². The minimum absolute atomic E-state index is 0.115. The molecule has 0 spiro atoms. The monoisotopic (exact) mass is 171 g/mol. The first-order valence-electron chi connectivity index (χ1n) is 4.05. The predicted octanol–water partition coefficient (Wildman–Crippen LogP) is 1.50. The summed E-state index contributed by atoms with van der Waals surface area (Å²) in [5.41, 5.74) is 0. The van der Waals surface area contributed by atoms with E-state index >= 15 is 0 Å². The van der Waals surface area contributed by atoms with Crippen LogP contribution in [-0.2, 0) is 4.79 Å². The fourth-order valence-corrected chi connectivity index (χ4v) is 2.04. The molecule has 0 radical (unpaired) electrons. The van der Waals surface area contributed by atoms with Gasteiger partial charge >= 0.3 is 0 Å². The molecule has 0 aromatic carbocycles. The van der Waals surface area contributed by atoms with E-state index in [1.165, 1.54) is 0 Å². The summed E-state index contributed by atoms with van der Waals surface area (Å²) in [4.78, 5) is 11.9. The van der Waals surface area contributed by atoms with E-state index in [-0.39, 0.29) is 11.8 Å². The van der Waals surface area contributed by atoms with Gasteiger partial charge in [0.2, 0.25) is 5.91 Å². The van der Waals surface area contributed by atoms with E-state index in [0.717, 1.165) is 17.8 Å². The lowest BCUT2D eigenvalue weighted by Gasteiger charge is -2.10. The fraction of sp³-hybridized carbons (Fsp3) is 0.750. The lowest BCUT2D eigenvalue weighted by Crippen LogP contribution is -2.20. The zero-order valence-electron chi connectivity index (χ0n) is 6.89. The van der Waals surface area contributed by atoms with E-state index in [1.54, 1.807) is 0 Å². The second-order valence-electron chi connectivity index (χ2n) is 2.88. The maximum Gasteiger partial charge on any atom is 0.228 e. The molecule has 0 aliphatic carbocycles. The van der Waals surface area contributed by atoms with Gasteiger partial charge in [-0.15, -0.1) is 0 Å². The first-order valence-corrected chi connectivity index (χ1v) is 4.46. The van der Waals surface area contributed by atoms with Gasteiger partial charge in [0, 0.05) is 11.8 Å². The number of carbonyl (C=O) groups is 1. The van der Waals surface area contributed by atoms with E-state index in [1.807, 2.05) is 6.92 Å². The molecule has 62 valence electrons. The molecule has 0 saturated carbocycles. The Morgan fingerprint density at radius 2 is 1.91 bits per heavy atom. The van der Waals surface area contributed by atoms with Crippen LogP contribution in [0.5, 0.6) is 0 Å². The minimum Gasteiger partial charge on any atom is -0.320 e. The van der Waals surface area contributed by atoms with Gasteiger partial charge in [0.05, 0.1) is 4.99 Å². The molecule has 1 fully saturated rings. The average Bonchev–Trinajstić information content (AvgIpc) is 2.24. The maximum absolute atomic E-state index is 11.2. The highest BCUT2D eigenvalue weighted by atomic mass is 32.1. The first kappa shape index (κ1) is 8.65. The van der Waals surface area contributed by atoms with Gasteiger partial charge in [-0.3, -0.25) is 4.79 Å². The Bertz CT molecular complexity index is 171. The van der Waals surface area contributed by atoms with Crippen molar-refractivity contribution in [3.05, 3.63) is 0 Å². The van der Waals surface area contributed by atoms with Gasteiger partial charge in [0.1, 0.15) is 0 Å². The van der Waals surface area contributed by atoms with Crippen LogP contribution in [0.2, 0.25) is 0 Å². The lowest BCUT2D eigenvalue weighted by molar-refractivity contribution is -0.122. The molecule has 3 heteroatoms. The quantitative estimate of drug-likeness (QED) is 0.638. The zero-order valence-corrected chi connectivity index (χ0v) is 7.70. The molecule has 1 rings (SSSR count). The van der Waals surface area contributed by atoms with Crippen molar-refractivity contribution in [1.82, 2.24) is 5.32 Å². The van der Waals surface area contributed by atoms with Crippen LogP contribution in [-0.4, -0.2) is 10.9 Å². The summed E-state index contributed by atoms with van der Waals surface area (Å²) in [6.45, 7) is 4.10. The SMILES string of the molecule is CCC1C(=O)NC(=S)C1CC. The summed E-state index contributed by atoms with van der Waals surface area (Å²) in [7, 11) is 0. The zero-order chi connectivity index (χ0) is 8.43. The highest BCUT2D eigenvalue weighted by Gasteiger charge is 2.35. The maximum atomic E-state index is 11.2. The number of nitrogens with one attached hydrogen (secondary N) is 1. The van der Waals surface area contributed by atoms with Crippen molar-refractivity contribution in [2.45, 2.75) is 26.7 Å². The molecule has 2 nitrogen and oxygen atoms in total. The van der Waals surface area contributed by atoms with Gasteiger partial charge in [-0.25, -0.2) is 0 Å². The lowest BCUT2D eigenvalue weighted by atomic mass is 9.91. The van der Waals surface area contributed by atoms with E-state index in [0.29, 0.717) is 5.92 Å². The van der Waals surface area contributed by atoms with E-state index in [2.05, 4.69) is 12.2 Å². The second-order valence-corrected chi connectivity index (χ2v) is 3.32. The smallest absolute Gasteiger partial charge is 0.228 e. The highest BCUT2D eigenvalue weighted by molar-refractivity contribution is 7.80. The number of hydrogen-bond acceptors (Lipinski definition) is 2. The third-order valence-electron chi connectivity index (χ3n) is 2.29. The summed E-state index contributed by atoms with van der Waals surface area (Å²) in [6, 6.07) is 0. The molecule has 0 aromatic heterocycles. The van der Waals surface area contributed by atoms with Crippen LogP contribution in [0, 0.1) is 11.8 Å². The number of rotatable bonds is 2. The van der Waals surface area contributed by atoms with Crippen molar-refractivity contribution in [3.8, 4) is 0 Å². The van der Waals surface area contributed by atoms with E-state index in [4.69, 9.17) is 12.2 Å². The normalized spacial score (nSPS) is 30.7. The molecule has 1 N–H and O–H groups in total. The minimum atomic E-state index is 0.115. The molecule has 1 aliphatic heterocycles. The van der Waals surface area contributed by atoms with Crippen LogP contribution >= 0.6 is 12.2 Å². The number of thiocarbonyl (C=S) groups is 1. The van der Waals surface area contributed by atoms with E-state index in [9.17, 15) is 4.79 Å². The Hall–Kier alpha value is -0.440. The molecule has 2 unspecified atom stereocenters. The van der Waals surface area contributed by atoms with Crippen molar-refractivity contribution < 1.29 is 4.79 Å². The Balaban J connectivity index is 2.74. The standard InChI is InChI=1S/C8H13NOS/c1-3-5-6(4-2)8(11)9-7(5)10/h5-6H,3-4H2,1-2H3,(H,9,10,11). The molecule has 0 bridgehead atoms. The Morgan fingerprint density at radius 1 is 1.36 bits per heavy atom. The van der Waals surface area contributed by atoms with Crippen LogP contribution in [0.15, 0.2) is 0 Å². The fourth-order valence-electron chi connectivity index (χ4n) is 1.61. The molecule has 2 atom stereocenters. The summed E-state index contributed by atoms with van der Waals surface area (Å²) in [5.74, 6) is 0.541. The first-order chi connectivity index (χ1) is 5.20.